The fraction of sp³-hybridized carbons (Fsp3) is 0.571. The summed E-state index contributed by atoms with van der Waals surface area (Å²) in [5.41, 5.74) is 0.0944. The van der Waals surface area contributed by atoms with Gasteiger partial charge < -0.3 is 10.3 Å². The Labute approximate surface area is 107 Å². The standard InChI is InChI=1S/C14H20N2O2/c17-13-9-3-8-12(16-13)14(18)15-10-4-7-11-5-1-2-6-11/h3,8-9,11H,1-2,4-7,10H2,(H,15,18)(H,16,17). The molecule has 1 aromatic rings. The quantitative estimate of drug-likeness (QED) is 0.784. The van der Waals surface area contributed by atoms with Gasteiger partial charge in [0.1, 0.15) is 5.69 Å². The van der Waals surface area contributed by atoms with Crippen molar-refractivity contribution in [1.29, 1.82) is 0 Å². The van der Waals surface area contributed by atoms with Gasteiger partial charge in [0.15, 0.2) is 0 Å². The number of carbonyl (C=O) groups is 1. The SMILES string of the molecule is O=C(NCCCC1CCCC1)c1cccc(=O)[nH]1. The summed E-state index contributed by atoms with van der Waals surface area (Å²) in [6.07, 6.45) is 7.64. The average molecular weight is 248 g/mol. The number of aromatic amines is 1. The molecule has 1 amide bonds. The Hall–Kier alpha value is -1.58. The minimum absolute atomic E-state index is 0.195. The summed E-state index contributed by atoms with van der Waals surface area (Å²) in [4.78, 5) is 25.3. The van der Waals surface area contributed by atoms with Crippen molar-refractivity contribution in [2.24, 2.45) is 5.92 Å². The highest BCUT2D eigenvalue weighted by Crippen LogP contribution is 2.28. The minimum atomic E-state index is -0.242. The number of amides is 1. The largest absolute Gasteiger partial charge is 0.351 e. The zero-order chi connectivity index (χ0) is 12.8. The Morgan fingerprint density at radius 3 is 2.83 bits per heavy atom. The lowest BCUT2D eigenvalue weighted by Gasteiger charge is -2.09. The van der Waals surface area contributed by atoms with Gasteiger partial charge >= 0.3 is 0 Å². The molecule has 0 spiro atoms. The molecule has 1 fully saturated rings. The van der Waals surface area contributed by atoms with Crippen LogP contribution in [0.4, 0.5) is 0 Å². The summed E-state index contributed by atoms with van der Waals surface area (Å²) >= 11 is 0. The van der Waals surface area contributed by atoms with Crippen LogP contribution in [-0.4, -0.2) is 17.4 Å². The summed E-state index contributed by atoms with van der Waals surface area (Å²) in [5.74, 6) is 0.664. The average Bonchev–Trinajstić information content (AvgIpc) is 2.87. The topological polar surface area (TPSA) is 62.0 Å². The third-order valence-electron chi connectivity index (χ3n) is 3.56. The summed E-state index contributed by atoms with van der Waals surface area (Å²) in [7, 11) is 0. The molecule has 18 heavy (non-hydrogen) atoms. The van der Waals surface area contributed by atoms with Gasteiger partial charge in [0, 0.05) is 12.6 Å². The van der Waals surface area contributed by atoms with Crippen LogP contribution in [0.2, 0.25) is 0 Å². The second-order valence-electron chi connectivity index (χ2n) is 4.98. The molecule has 4 heteroatoms. The van der Waals surface area contributed by atoms with Gasteiger partial charge in [0.25, 0.3) is 5.91 Å². The predicted octanol–water partition coefficient (Wildman–Crippen LogP) is 2.08. The Kier molecular flexibility index (Phi) is 4.56. The van der Waals surface area contributed by atoms with Gasteiger partial charge in [-0.3, -0.25) is 9.59 Å². The molecule has 0 radical (unpaired) electrons. The third kappa shape index (κ3) is 3.72. The van der Waals surface area contributed by atoms with Gasteiger partial charge in [-0.05, 0) is 24.8 Å². The number of nitrogens with one attached hydrogen (secondary N) is 2. The second-order valence-corrected chi connectivity index (χ2v) is 4.98. The molecular weight excluding hydrogens is 228 g/mol. The van der Waals surface area contributed by atoms with Gasteiger partial charge in [0.2, 0.25) is 5.56 Å². The molecule has 4 nitrogen and oxygen atoms in total. The van der Waals surface area contributed by atoms with E-state index < -0.39 is 0 Å². The molecule has 1 aliphatic rings. The van der Waals surface area contributed by atoms with Crippen molar-refractivity contribution in [2.45, 2.75) is 38.5 Å². The van der Waals surface area contributed by atoms with E-state index in [2.05, 4.69) is 10.3 Å². The normalized spacial score (nSPS) is 15.8. The summed E-state index contributed by atoms with van der Waals surface area (Å²) in [6.45, 7) is 0.687. The summed E-state index contributed by atoms with van der Waals surface area (Å²) < 4.78 is 0. The highest BCUT2D eigenvalue weighted by atomic mass is 16.2. The van der Waals surface area contributed by atoms with E-state index in [1.807, 2.05) is 0 Å². The van der Waals surface area contributed by atoms with E-state index in [9.17, 15) is 9.59 Å². The molecule has 1 aliphatic carbocycles. The lowest BCUT2D eigenvalue weighted by molar-refractivity contribution is 0.0947. The zero-order valence-electron chi connectivity index (χ0n) is 10.6. The molecule has 0 unspecified atom stereocenters. The molecular formula is C14H20N2O2. The van der Waals surface area contributed by atoms with Crippen LogP contribution in [0.1, 0.15) is 49.0 Å². The van der Waals surface area contributed by atoms with Crippen molar-refractivity contribution >= 4 is 5.91 Å². The first-order chi connectivity index (χ1) is 8.75. The van der Waals surface area contributed by atoms with E-state index >= 15 is 0 Å². The van der Waals surface area contributed by atoms with Crippen molar-refractivity contribution in [3.63, 3.8) is 0 Å². The van der Waals surface area contributed by atoms with Crippen LogP contribution >= 0.6 is 0 Å². The van der Waals surface area contributed by atoms with E-state index in [0.29, 0.717) is 12.2 Å². The first-order valence-corrected chi connectivity index (χ1v) is 6.73. The molecule has 1 heterocycles. The summed E-state index contributed by atoms with van der Waals surface area (Å²) in [6, 6.07) is 4.61. The van der Waals surface area contributed by atoms with Crippen molar-refractivity contribution in [3.8, 4) is 0 Å². The van der Waals surface area contributed by atoms with Crippen molar-refractivity contribution in [2.75, 3.05) is 6.54 Å². The number of pyridine rings is 1. The fourth-order valence-electron chi connectivity index (χ4n) is 2.57. The predicted molar refractivity (Wildman–Crippen MR) is 70.6 cm³/mol. The monoisotopic (exact) mass is 248 g/mol. The first-order valence-electron chi connectivity index (χ1n) is 6.73. The van der Waals surface area contributed by atoms with E-state index in [4.69, 9.17) is 0 Å². The Balaban J connectivity index is 1.70. The van der Waals surface area contributed by atoms with Gasteiger partial charge in [0.05, 0.1) is 0 Å². The van der Waals surface area contributed by atoms with Crippen LogP contribution in [0, 0.1) is 5.92 Å². The van der Waals surface area contributed by atoms with Crippen LogP contribution in [0.3, 0.4) is 0 Å². The number of aromatic nitrogens is 1. The van der Waals surface area contributed by atoms with Crippen LogP contribution < -0.4 is 10.9 Å². The zero-order valence-corrected chi connectivity index (χ0v) is 10.6. The molecule has 98 valence electrons. The van der Waals surface area contributed by atoms with Crippen molar-refractivity contribution in [1.82, 2.24) is 10.3 Å². The lowest BCUT2D eigenvalue weighted by atomic mass is 10.0. The highest BCUT2D eigenvalue weighted by Gasteiger charge is 2.14. The smallest absolute Gasteiger partial charge is 0.267 e. The molecule has 0 bridgehead atoms. The Morgan fingerprint density at radius 2 is 2.11 bits per heavy atom. The van der Waals surface area contributed by atoms with Crippen LogP contribution in [0.25, 0.3) is 0 Å². The molecule has 0 atom stereocenters. The fourth-order valence-corrected chi connectivity index (χ4v) is 2.57. The molecule has 1 saturated carbocycles. The summed E-state index contributed by atoms with van der Waals surface area (Å²) in [5, 5.41) is 2.84. The van der Waals surface area contributed by atoms with Crippen LogP contribution in [0.15, 0.2) is 23.0 Å². The van der Waals surface area contributed by atoms with Crippen molar-refractivity contribution < 1.29 is 4.79 Å². The van der Waals surface area contributed by atoms with Crippen LogP contribution in [-0.2, 0) is 0 Å². The minimum Gasteiger partial charge on any atom is -0.351 e. The number of carbonyl (C=O) groups excluding carboxylic acids is 1. The molecule has 1 aromatic heterocycles. The first kappa shape index (κ1) is 12.9. The lowest BCUT2D eigenvalue weighted by Crippen LogP contribution is -2.27. The maximum Gasteiger partial charge on any atom is 0.267 e. The molecule has 2 N–H and O–H groups in total. The second kappa shape index (κ2) is 6.38. The number of hydrogen-bond acceptors (Lipinski definition) is 2. The van der Waals surface area contributed by atoms with Crippen LogP contribution in [0.5, 0.6) is 0 Å². The van der Waals surface area contributed by atoms with E-state index in [0.717, 1.165) is 12.3 Å². The Morgan fingerprint density at radius 1 is 1.33 bits per heavy atom. The molecule has 0 saturated heterocycles. The van der Waals surface area contributed by atoms with E-state index in [1.165, 1.54) is 38.2 Å². The maximum absolute atomic E-state index is 11.7. The number of rotatable bonds is 5. The van der Waals surface area contributed by atoms with Gasteiger partial charge in [-0.25, -0.2) is 0 Å². The van der Waals surface area contributed by atoms with Gasteiger partial charge in [-0.15, -0.1) is 0 Å². The number of hydrogen-bond donors (Lipinski definition) is 2. The Bertz CT molecular complexity index is 447. The number of H-pyrrole nitrogens is 1. The van der Waals surface area contributed by atoms with Gasteiger partial charge in [-0.2, -0.15) is 0 Å². The van der Waals surface area contributed by atoms with E-state index in [-0.39, 0.29) is 11.5 Å². The molecule has 0 aliphatic heterocycles. The van der Waals surface area contributed by atoms with Crippen molar-refractivity contribution in [3.05, 3.63) is 34.2 Å². The third-order valence-corrected chi connectivity index (χ3v) is 3.56. The van der Waals surface area contributed by atoms with Gasteiger partial charge in [-0.1, -0.05) is 31.7 Å². The maximum atomic E-state index is 11.7. The van der Waals surface area contributed by atoms with E-state index in [1.54, 1.807) is 12.1 Å². The highest BCUT2D eigenvalue weighted by molar-refractivity contribution is 5.92. The molecule has 2 rings (SSSR count). The molecule has 0 aromatic carbocycles.